The summed E-state index contributed by atoms with van der Waals surface area (Å²) in [4.78, 5) is 24.4. The van der Waals surface area contributed by atoms with Crippen molar-refractivity contribution in [2.75, 3.05) is 13.6 Å². The molecule has 0 rings (SSSR count). The quantitative estimate of drug-likeness (QED) is 0.722. The molecule has 5 heteroatoms. The fourth-order valence-corrected chi connectivity index (χ4v) is 2.14. The van der Waals surface area contributed by atoms with Crippen molar-refractivity contribution in [2.24, 2.45) is 11.3 Å². The minimum atomic E-state index is -0.753. The number of carbonyl (C=O) groups is 2. The molecule has 21 heavy (non-hydrogen) atoms. The van der Waals surface area contributed by atoms with Crippen molar-refractivity contribution in [2.45, 2.75) is 66.3 Å². The van der Waals surface area contributed by atoms with Gasteiger partial charge in [0.15, 0.2) is 0 Å². The monoisotopic (exact) mass is 300 g/mol. The van der Waals surface area contributed by atoms with Gasteiger partial charge in [0.1, 0.15) is 0 Å². The molecular weight excluding hydrogens is 268 g/mol. The van der Waals surface area contributed by atoms with Crippen LogP contribution in [-0.4, -0.2) is 41.6 Å². The van der Waals surface area contributed by atoms with Crippen molar-refractivity contribution >= 4 is 12.0 Å². The largest absolute Gasteiger partial charge is 0.481 e. The first-order chi connectivity index (χ1) is 9.59. The fraction of sp³-hybridized carbons (Fsp3) is 0.875. The number of nitrogens with one attached hydrogen (secondary N) is 1. The highest BCUT2D eigenvalue weighted by Crippen LogP contribution is 2.23. The van der Waals surface area contributed by atoms with E-state index < -0.39 is 5.97 Å². The molecule has 0 aromatic carbocycles. The molecule has 0 bridgehead atoms. The molecule has 0 heterocycles. The number of rotatable bonds is 8. The first-order valence-electron chi connectivity index (χ1n) is 7.82. The van der Waals surface area contributed by atoms with Gasteiger partial charge in [-0.1, -0.05) is 34.1 Å². The highest BCUT2D eigenvalue weighted by Gasteiger charge is 2.26. The van der Waals surface area contributed by atoms with Gasteiger partial charge in [-0.2, -0.15) is 0 Å². The summed E-state index contributed by atoms with van der Waals surface area (Å²) in [5.41, 5.74) is 0.0412. The highest BCUT2D eigenvalue weighted by molar-refractivity contribution is 5.74. The van der Waals surface area contributed by atoms with Gasteiger partial charge in [0.25, 0.3) is 0 Å². The van der Waals surface area contributed by atoms with Gasteiger partial charge >= 0.3 is 12.0 Å². The van der Waals surface area contributed by atoms with Crippen LogP contribution in [0, 0.1) is 11.3 Å². The van der Waals surface area contributed by atoms with Crippen LogP contribution >= 0.6 is 0 Å². The van der Waals surface area contributed by atoms with E-state index in [-0.39, 0.29) is 23.9 Å². The summed E-state index contributed by atoms with van der Waals surface area (Å²) in [7, 11) is 1.81. The van der Waals surface area contributed by atoms with Gasteiger partial charge in [-0.05, 0) is 31.1 Å². The SMILES string of the molecule is CCC(CCNC(=O)N(C)C(C)C(C)(C)C)CCC(=O)O. The first-order valence-corrected chi connectivity index (χ1v) is 7.82. The number of amides is 2. The number of aliphatic carboxylic acids is 1. The molecular formula is C16H32N2O3. The summed E-state index contributed by atoms with van der Waals surface area (Å²) in [6.45, 7) is 11.0. The predicted octanol–water partition coefficient (Wildman–Crippen LogP) is 3.34. The standard InChI is InChI=1S/C16H32N2O3/c1-7-13(8-9-14(19)20)10-11-17-15(21)18(6)12(2)16(3,4)5/h12-13H,7-11H2,1-6H3,(H,17,21)(H,19,20). The predicted molar refractivity (Wildman–Crippen MR) is 85.3 cm³/mol. The Labute approximate surface area is 129 Å². The molecule has 2 unspecified atom stereocenters. The lowest BCUT2D eigenvalue weighted by Crippen LogP contribution is -2.47. The molecule has 0 aliphatic rings. The van der Waals surface area contributed by atoms with Crippen molar-refractivity contribution in [1.29, 1.82) is 0 Å². The Hall–Kier alpha value is -1.26. The number of carboxylic acids is 1. The number of hydrogen-bond donors (Lipinski definition) is 2. The topological polar surface area (TPSA) is 69.6 Å². The maximum Gasteiger partial charge on any atom is 0.317 e. The summed E-state index contributed by atoms with van der Waals surface area (Å²) in [6, 6.07) is 0.0806. The maximum atomic E-state index is 12.1. The minimum absolute atomic E-state index is 0.0412. The van der Waals surface area contributed by atoms with E-state index in [1.807, 2.05) is 14.0 Å². The lowest BCUT2D eigenvalue weighted by atomic mass is 9.87. The molecule has 0 fully saturated rings. The Bertz CT molecular complexity index is 337. The zero-order valence-corrected chi connectivity index (χ0v) is 14.4. The van der Waals surface area contributed by atoms with Crippen LogP contribution in [0.25, 0.3) is 0 Å². The lowest BCUT2D eigenvalue weighted by Gasteiger charge is -2.35. The van der Waals surface area contributed by atoms with Gasteiger partial charge < -0.3 is 15.3 Å². The number of nitrogens with zero attached hydrogens (tertiary/aromatic N) is 1. The van der Waals surface area contributed by atoms with Gasteiger partial charge in [-0.25, -0.2) is 4.79 Å². The van der Waals surface area contributed by atoms with E-state index in [4.69, 9.17) is 5.11 Å². The zero-order valence-electron chi connectivity index (χ0n) is 14.4. The van der Waals surface area contributed by atoms with E-state index in [9.17, 15) is 9.59 Å². The van der Waals surface area contributed by atoms with E-state index in [2.05, 4.69) is 33.0 Å². The third kappa shape index (κ3) is 7.93. The second-order valence-electron chi connectivity index (χ2n) is 6.88. The Morgan fingerprint density at radius 1 is 1.24 bits per heavy atom. The Morgan fingerprint density at radius 2 is 1.81 bits per heavy atom. The van der Waals surface area contributed by atoms with Crippen LogP contribution in [0.15, 0.2) is 0 Å². The molecule has 2 atom stereocenters. The third-order valence-electron chi connectivity index (χ3n) is 4.33. The van der Waals surface area contributed by atoms with E-state index in [0.717, 1.165) is 12.8 Å². The third-order valence-corrected chi connectivity index (χ3v) is 4.33. The van der Waals surface area contributed by atoms with Crippen LogP contribution in [-0.2, 0) is 4.79 Å². The van der Waals surface area contributed by atoms with Crippen molar-refractivity contribution in [3.05, 3.63) is 0 Å². The van der Waals surface area contributed by atoms with Gasteiger partial charge in [0, 0.05) is 26.1 Å². The smallest absolute Gasteiger partial charge is 0.317 e. The van der Waals surface area contributed by atoms with Gasteiger partial charge in [0.05, 0.1) is 0 Å². The fourth-order valence-electron chi connectivity index (χ4n) is 2.14. The maximum absolute atomic E-state index is 12.1. The number of carbonyl (C=O) groups excluding carboxylic acids is 1. The average molecular weight is 300 g/mol. The molecule has 124 valence electrons. The second kappa shape index (κ2) is 8.90. The summed E-state index contributed by atoms with van der Waals surface area (Å²) >= 11 is 0. The Morgan fingerprint density at radius 3 is 2.24 bits per heavy atom. The van der Waals surface area contributed by atoms with E-state index in [1.54, 1.807) is 4.90 Å². The van der Waals surface area contributed by atoms with Crippen molar-refractivity contribution in [3.8, 4) is 0 Å². The van der Waals surface area contributed by atoms with Crippen molar-refractivity contribution in [3.63, 3.8) is 0 Å². The summed E-state index contributed by atoms with van der Waals surface area (Å²) in [5, 5.41) is 11.6. The molecule has 0 spiro atoms. The summed E-state index contributed by atoms with van der Waals surface area (Å²) in [5.74, 6) is -0.400. The van der Waals surface area contributed by atoms with Crippen LogP contribution < -0.4 is 5.32 Å². The summed E-state index contributed by atoms with van der Waals surface area (Å²) < 4.78 is 0. The van der Waals surface area contributed by atoms with Crippen molar-refractivity contribution < 1.29 is 14.7 Å². The number of urea groups is 1. The molecule has 0 aliphatic carbocycles. The number of carboxylic acid groups (broad SMARTS) is 1. The minimum Gasteiger partial charge on any atom is -0.481 e. The normalized spacial score (nSPS) is 14.4. The van der Waals surface area contributed by atoms with Crippen LogP contribution in [0.5, 0.6) is 0 Å². The lowest BCUT2D eigenvalue weighted by molar-refractivity contribution is -0.137. The molecule has 0 saturated carbocycles. The zero-order chi connectivity index (χ0) is 16.6. The molecule has 5 nitrogen and oxygen atoms in total. The van der Waals surface area contributed by atoms with Crippen LogP contribution in [0.1, 0.15) is 60.3 Å². The molecule has 2 amide bonds. The average Bonchev–Trinajstić information content (AvgIpc) is 2.39. The first kappa shape index (κ1) is 19.7. The molecule has 0 radical (unpaired) electrons. The molecule has 2 N–H and O–H groups in total. The summed E-state index contributed by atoms with van der Waals surface area (Å²) in [6.07, 6.45) is 2.65. The molecule has 0 aliphatic heterocycles. The van der Waals surface area contributed by atoms with E-state index in [1.165, 1.54) is 0 Å². The van der Waals surface area contributed by atoms with Gasteiger partial charge in [0.2, 0.25) is 0 Å². The molecule has 0 aromatic rings. The Balaban J connectivity index is 4.15. The Kier molecular flexibility index (Phi) is 8.37. The van der Waals surface area contributed by atoms with E-state index >= 15 is 0 Å². The van der Waals surface area contributed by atoms with Crippen LogP contribution in [0.3, 0.4) is 0 Å². The van der Waals surface area contributed by atoms with Crippen molar-refractivity contribution in [1.82, 2.24) is 10.2 Å². The highest BCUT2D eigenvalue weighted by atomic mass is 16.4. The molecule has 0 saturated heterocycles. The molecule has 0 aromatic heterocycles. The van der Waals surface area contributed by atoms with Crippen LogP contribution in [0.2, 0.25) is 0 Å². The second-order valence-corrected chi connectivity index (χ2v) is 6.88. The van der Waals surface area contributed by atoms with E-state index in [0.29, 0.717) is 18.9 Å². The van der Waals surface area contributed by atoms with Gasteiger partial charge in [-0.15, -0.1) is 0 Å². The number of hydrogen-bond acceptors (Lipinski definition) is 2. The van der Waals surface area contributed by atoms with Crippen LogP contribution in [0.4, 0.5) is 4.79 Å². The van der Waals surface area contributed by atoms with Gasteiger partial charge in [-0.3, -0.25) is 4.79 Å².